The maximum absolute atomic E-state index is 12.9. The smallest absolute Gasteiger partial charge is 0.290 e. The summed E-state index contributed by atoms with van der Waals surface area (Å²) < 4.78 is 11.8. The summed E-state index contributed by atoms with van der Waals surface area (Å²) in [6.07, 6.45) is 1.65. The van der Waals surface area contributed by atoms with Crippen molar-refractivity contribution in [2.45, 2.75) is 19.6 Å². The minimum Gasteiger partial charge on any atom is -0.492 e. The molecule has 0 spiro atoms. The Kier molecular flexibility index (Phi) is 5.26. The molecule has 2 heterocycles. The maximum atomic E-state index is 12.9. The van der Waals surface area contributed by atoms with E-state index in [0.29, 0.717) is 35.1 Å². The molecule has 1 fully saturated rings. The number of carbonyl (C=O) groups excluding carboxylic acids is 3. The van der Waals surface area contributed by atoms with Gasteiger partial charge in [0.2, 0.25) is 0 Å². The second-order valence-electron chi connectivity index (χ2n) is 7.27. The Morgan fingerprint density at radius 2 is 1.83 bits per heavy atom. The molecule has 154 valence electrons. The SMILES string of the molecule is CC1(C)Oc2ccccc2C(=O)N1CCOc1ccc(/C=C2\SC(=O)NC2=O)cc1. The van der Waals surface area contributed by atoms with Crippen molar-refractivity contribution in [3.63, 3.8) is 0 Å². The quantitative estimate of drug-likeness (QED) is 0.738. The highest BCUT2D eigenvalue weighted by molar-refractivity contribution is 8.18. The number of nitrogens with zero attached hydrogens (tertiary/aromatic N) is 1. The van der Waals surface area contributed by atoms with Crippen molar-refractivity contribution >= 4 is 34.9 Å². The lowest BCUT2D eigenvalue weighted by Gasteiger charge is -2.42. The molecule has 0 saturated carbocycles. The van der Waals surface area contributed by atoms with E-state index in [1.54, 1.807) is 47.4 Å². The van der Waals surface area contributed by atoms with Crippen LogP contribution in [0.15, 0.2) is 53.4 Å². The molecular formula is C22H20N2O5S. The highest BCUT2D eigenvalue weighted by Gasteiger charge is 2.39. The molecule has 8 heteroatoms. The first-order chi connectivity index (χ1) is 14.3. The Labute approximate surface area is 178 Å². The van der Waals surface area contributed by atoms with E-state index >= 15 is 0 Å². The number of carbonyl (C=O) groups is 3. The number of fused-ring (bicyclic) bond motifs is 1. The van der Waals surface area contributed by atoms with Gasteiger partial charge in [0.05, 0.1) is 17.0 Å². The molecule has 2 aliphatic heterocycles. The van der Waals surface area contributed by atoms with E-state index in [1.165, 1.54) is 0 Å². The zero-order valence-corrected chi connectivity index (χ0v) is 17.3. The van der Waals surface area contributed by atoms with Crippen LogP contribution in [0.3, 0.4) is 0 Å². The van der Waals surface area contributed by atoms with Crippen LogP contribution in [0.4, 0.5) is 4.79 Å². The van der Waals surface area contributed by atoms with Crippen LogP contribution >= 0.6 is 11.8 Å². The lowest BCUT2D eigenvalue weighted by atomic mass is 10.1. The van der Waals surface area contributed by atoms with Gasteiger partial charge in [-0.2, -0.15) is 0 Å². The molecule has 0 aromatic heterocycles. The summed E-state index contributed by atoms with van der Waals surface area (Å²) in [5.74, 6) is 0.753. The van der Waals surface area contributed by atoms with Gasteiger partial charge in [-0.3, -0.25) is 24.6 Å². The van der Waals surface area contributed by atoms with Crippen LogP contribution in [-0.2, 0) is 4.79 Å². The van der Waals surface area contributed by atoms with Crippen LogP contribution in [0.1, 0.15) is 29.8 Å². The lowest BCUT2D eigenvalue weighted by Crippen LogP contribution is -2.55. The third kappa shape index (κ3) is 4.04. The molecule has 7 nitrogen and oxygen atoms in total. The van der Waals surface area contributed by atoms with Crippen molar-refractivity contribution in [2.24, 2.45) is 0 Å². The number of hydrogen-bond acceptors (Lipinski definition) is 6. The van der Waals surface area contributed by atoms with Gasteiger partial charge in [0.25, 0.3) is 17.1 Å². The van der Waals surface area contributed by atoms with E-state index in [1.807, 2.05) is 26.0 Å². The van der Waals surface area contributed by atoms with E-state index < -0.39 is 5.72 Å². The number of benzene rings is 2. The average Bonchev–Trinajstić information content (AvgIpc) is 3.02. The van der Waals surface area contributed by atoms with Crippen molar-refractivity contribution < 1.29 is 23.9 Å². The van der Waals surface area contributed by atoms with Crippen molar-refractivity contribution in [1.29, 1.82) is 0 Å². The highest BCUT2D eigenvalue weighted by atomic mass is 32.2. The molecule has 0 unspecified atom stereocenters. The fourth-order valence-corrected chi connectivity index (χ4v) is 3.99. The molecule has 30 heavy (non-hydrogen) atoms. The van der Waals surface area contributed by atoms with Gasteiger partial charge in [-0.05, 0) is 61.5 Å². The Balaban J connectivity index is 1.37. The second kappa shape index (κ2) is 7.87. The van der Waals surface area contributed by atoms with Gasteiger partial charge in [0.15, 0.2) is 5.72 Å². The predicted octanol–water partition coefficient (Wildman–Crippen LogP) is 3.66. The van der Waals surface area contributed by atoms with Crippen LogP contribution in [0, 0.1) is 0 Å². The van der Waals surface area contributed by atoms with Crippen LogP contribution in [0.2, 0.25) is 0 Å². The fourth-order valence-electron chi connectivity index (χ4n) is 3.30. The number of nitrogens with one attached hydrogen (secondary N) is 1. The van der Waals surface area contributed by atoms with E-state index in [0.717, 1.165) is 17.3 Å². The number of rotatable bonds is 5. The predicted molar refractivity (Wildman–Crippen MR) is 113 cm³/mol. The van der Waals surface area contributed by atoms with Crippen molar-refractivity contribution in [1.82, 2.24) is 10.2 Å². The molecule has 4 rings (SSSR count). The standard InChI is InChI=1S/C22H20N2O5S/c1-22(2)24(20(26)16-5-3-4-6-17(16)29-22)11-12-28-15-9-7-14(8-10-15)13-18-19(25)23-21(27)30-18/h3-10,13H,11-12H2,1-2H3,(H,23,25,27)/b18-13-. The van der Waals surface area contributed by atoms with Gasteiger partial charge in [0.1, 0.15) is 18.1 Å². The normalized spacial score (nSPS) is 18.8. The third-order valence-electron chi connectivity index (χ3n) is 4.78. The molecule has 0 bridgehead atoms. The molecule has 0 radical (unpaired) electrons. The van der Waals surface area contributed by atoms with Gasteiger partial charge >= 0.3 is 0 Å². The molecule has 2 aromatic rings. The van der Waals surface area contributed by atoms with E-state index in [4.69, 9.17) is 9.47 Å². The average molecular weight is 424 g/mol. The summed E-state index contributed by atoms with van der Waals surface area (Å²) in [6, 6.07) is 14.4. The van der Waals surface area contributed by atoms with Crippen LogP contribution in [-0.4, -0.2) is 40.8 Å². The zero-order valence-electron chi connectivity index (χ0n) is 16.5. The molecule has 1 N–H and O–H groups in total. The Bertz CT molecular complexity index is 1050. The van der Waals surface area contributed by atoms with Crippen molar-refractivity contribution in [3.8, 4) is 11.5 Å². The summed E-state index contributed by atoms with van der Waals surface area (Å²) in [6.45, 7) is 4.37. The van der Waals surface area contributed by atoms with Crippen LogP contribution in [0.5, 0.6) is 11.5 Å². The highest BCUT2D eigenvalue weighted by Crippen LogP contribution is 2.33. The zero-order chi connectivity index (χ0) is 21.3. The molecule has 0 aliphatic carbocycles. The number of hydrogen-bond donors (Lipinski definition) is 1. The number of thioether (sulfide) groups is 1. The van der Waals surface area contributed by atoms with Crippen LogP contribution < -0.4 is 14.8 Å². The molecular weight excluding hydrogens is 404 g/mol. The van der Waals surface area contributed by atoms with Gasteiger partial charge in [-0.25, -0.2) is 0 Å². The Morgan fingerprint density at radius 1 is 1.10 bits per heavy atom. The Hall–Kier alpha value is -3.26. The lowest BCUT2D eigenvalue weighted by molar-refractivity contribution is -0.115. The summed E-state index contributed by atoms with van der Waals surface area (Å²) >= 11 is 0.879. The van der Waals surface area contributed by atoms with Crippen molar-refractivity contribution in [2.75, 3.05) is 13.2 Å². The molecule has 1 saturated heterocycles. The summed E-state index contributed by atoms with van der Waals surface area (Å²) in [5, 5.41) is 1.86. The number of amides is 3. The van der Waals surface area contributed by atoms with Gasteiger partial charge in [-0.15, -0.1) is 0 Å². The van der Waals surface area contributed by atoms with Gasteiger partial charge in [-0.1, -0.05) is 24.3 Å². The minimum atomic E-state index is -0.776. The first-order valence-corrected chi connectivity index (χ1v) is 10.2. The van der Waals surface area contributed by atoms with E-state index in [-0.39, 0.29) is 17.1 Å². The largest absolute Gasteiger partial charge is 0.492 e. The van der Waals surface area contributed by atoms with E-state index in [2.05, 4.69) is 5.32 Å². The third-order valence-corrected chi connectivity index (χ3v) is 5.59. The van der Waals surface area contributed by atoms with Crippen molar-refractivity contribution in [3.05, 3.63) is 64.6 Å². The Morgan fingerprint density at radius 3 is 2.53 bits per heavy atom. The number of imide groups is 1. The minimum absolute atomic E-state index is 0.0886. The monoisotopic (exact) mass is 424 g/mol. The van der Waals surface area contributed by atoms with Gasteiger partial charge in [0, 0.05) is 0 Å². The van der Waals surface area contributed by atoms with Crippen LogP contribution in [0.25, 0.3) is 6.08 Å². The summed E-state index contributed by atoms with van der Waals surface area (Å²) in [4.78, 5) is 37.7. The molecule has 0 atom stereocenters. The summed E-state index contributed by atoms with van der Waals surface area (Å²) in [7, 11) is 0. The second-order valence-corrected chi connectivity index (χ2v) is 8.29. The molecule has 2 aliphatic rings. The van der Waals surface area contributed by atoms with Gasteiger partial charge < -0.3 is 9.47 Å². The molecule has 3 amide bonds. The summed E-state index contributed by atoms with van der Waals surface area (Å²) in [5.41, 5.74) is 0.551. The fraction of sp³-hybridized carbons (Fsp3) is 0.227. The maximum Gasteiger partial charge on any atom is 0.290 e. The topological polar surface area (TPSA) is 84.9 Å². The first-order valence-electron chi connectivity index (χ1n) is 9.41. The molecule has 2 aromatic carbocycles. The first kappa shape index (κ1) is 20.0. The van der Waals surface area contributed by atoms with E-state index in [9.17, 15) is 14.4 Å². The number of para-hydroxylation sites is 1. The number of ether oxygens (including phenoxy) is 2.